The number of piperidine rings is 1. The van der Waals surface area contributed by atoms with Crippen molar-refractivity contribution >= 4 is 27.4 Å². The molecule has 2 aliphatic rings. The van der Waals surface area contributed by atoms with Crippen molar-refractivity contribution in [3.63, 3.8) is 0 Å². The SMILES string of the molecule is O=C(NC1CCCCCC1)NC1CCCN(S(=O)(=O)c2cccs2)C1. The van der Waals surface area contributed by atoms with Crippen molar-refractivity contribution in [3.8, 4) is 0 Å². The molecule has 0 bridgehead atoms. The van der Waals surface area contributed by atoms with Crippen LogP contribution in [0.2, 0.25) is 0 Å². The maximum Gasteiger partial charge on any atom is 0.315 e. The van der Waals surface area contributed by atoms with E-state index in [1.807, 2.05) is 0 Å². The summed E-state index contributed by atoms with van der Waals surface area (Å²) in [5.41, 5.74) is 0. The highest BCUT2D eigenvalue weighted by atomic mass is 32.2. The van der Waals surface area contributed by atoms with Gasteiger partial charge in [-0.2, -0.15) is 4.31 Å². The first-order valence-corrected chi connectivity index (χ1v) is 11.5. The minimum Gasteiger partial charge on any atom is -0.335 e. The summed E-state index contributed by atoms with van der Waals surface area (Å²) in [5, 5.41) is 7.82. The fraction of sp³-hybridized carbons (Fsp3) is 0.706. The van der Waals surface area contributed by atoms with Gasteiger partial charge in [0.05, 0.1) is 0 Å². The van der Waals surface area contributed by atoms with Crippen molar-refractivity contribution in [1.29, 1.82) is 0 Å². The van der Waals surface area contributed by atoms with Gasteiger partial charge >= 0.3 is 6.03 Å². The average molecular weight is 386 g/mol. The Bertz CT molecular complexity index is 653. The fourth-order valence-corrected chi connectivity index (χ4v) is 6.32. The van der Waals surface area contributed by atoms with Gasteiger partial charge in [-0.05, 0) is 37.1 Å². The number of carbonyl (C=O) groups excluding carboxylic acids is 1. The summed E-state index contributed by atoms with van der Waals surface area (Å²) >= 11 is 1.23. The smallest absolute Gasteiger partial charge is 0.315 e. The van der Waals surface area contributed by atoms with E-state index in [1.54, 1.807) is 17.5 Å². The second-order valence-electron chi connectivity index (χ2n) is 6.94. The number of sulfonamides is 1. The van der Waals surface area contributed by atoms with Crippen molar-refractivity contribution in [2.24, 2.45) is 0 Å². The Morgan fingerprint density at radius 2 is 1.72 bits per heavy atom. The van der Waals surface area contributed by atoms with E-state index < -0.39 is 10.0 Å². The highest BCUT2D eigenvalue weighted by molar-refractivity contribution is 7.91. The normalized spacial score (nSPS) is 23.8. The van der Waals surface area contributed by atoms with Gasteiger partial charge in [0.2, 0.25) is 0 Å². The zero-order chi connectivity index (χ0) is 17.7. The monoisotopic (exact) mass is 385 g/mol. The molecule has 25 heavy (non-hydrogen) atoms. The summed E-state index contributed by atoms with van der Waals surface area (Å²) in [5.74, 6) is 0. The van der Waals surface area contributed by atoms with Crippen LogP contribution in [0.5, 0.6) is 0 Å². The molecule has 2 amide bonds. The second kappa shape index (κ2) is 8.51. The van der Waals surface area contributed by atoms with Crippen LogP contribution in [-0.4, -0.2) is 43.9 Å². The molecule has 1 saturated carbocycles. The minimum atomic E-state index is -3.44. The van der Waals surface area contributed by atoms with E-state index in [0.717, 1.165) is 25.7 Å². The van der Waals surface area contributed by atoms with E-state index in [9.17, 15) is 13.2 Å². The van der Waals surface area contributed by atoms with Crippen LogP contribution in [0.15, 0.2) is 21.7 Å². The molecule has 2 heterocycles. The van der Waals surface area contributed by atoms with Crippen molar-refractivity contribution < 1.29 is 13.2 Å². The Kier molecular flexibility index (Phi) is 6.35. The van der Waals surface area contributed by atoms with Crippen LogP contribution in [0.25, 0.3) is 0 Å². The highest BCUT2D eigenvalue weighted by Gasteiger charge is 2.31. The number of nitrogens with zero attached hydrogens (tertiary/aromatic N) is 1. The lowest BCUT2D eigenvalue weighted by molar-refractivity contribution is 0.221. The largest absolute Gasteiger partial charge is 0.335 e. The van der Waals surface area contributed by atoms with Crippen LogP contribution in [0.4, 0.5) is 4.79 Å². The molecule has 2 fully saturated rings. The van der Waals surface area contributed by atoms with Crippen molar-refractivity contribution in [1.82, 2.24) is 14.9 Å². The molecule has 1 atom stereocenters. The van der Waals surface area contributed by atoms with E-state index in [4.69, 9.17) is 0 Å². The first kappa shape index (κ1) is 18.7. The minimum absolute atomic E-state index is 0.130. The molecule has 1 aliphatic heterocycles. The summed E-state index contributed by atoms with van der Waals surface area (Å²) in [6.07, 6.45) is 8.49. The zero-order valence-corrected chi connectivity index (χ0v) is 16.1. The number of hydrogen-bond acceptors (Lipinski definition) is 4. The lowest BCUT2D eigenvalue weighted by atomic mass is 10.1. The Morgan fingerprint density at radius 3 is 2.40 bits per heavy atom. The average Bonchev–Trinajstić information content (AvgIpc) is 3.02. The predicted octanol–water partition coefficient (Wildman–Crippen LogP) is 2.92. The molecule has 2 N–H and O–H groups in total. The van der Waals surface area contributed by atoms with Crippen LogP contribution >= 0.6 is 11.3 Å². The van der Waals surface area contributed by atoms with E-state index >= 15 is 0 Å². The summed E-state index contributed by atoms with van der Waals surface area (Å²) in [4.78, 5) is 12.3. The lowest BCUT2D eigenvalue weighted by Crippen LogP contribution is -2.53. The molecule has 8 heteroatoms. The molecule has 1 unspecified atom stereocenters. The molecule has 1 saturated heterocycles. The van der Waals surface area contributed by atoms with Crippen molar-refractivity contribution in [2.45, 2.75) is 67.7 Å². The van der Waals surface area contributed by atoms with Crippen LogP contribution in [0, 0.1) is 0 Å². The summed E-state index contributed by atoms with van der Waals surface area (Å²) < 4.78 is 27.2. The maximum atomic E-state index is 12.6. The summed E-state index contributed by atoms with van der Waals surface area (Å²) in [6.45, 7) is 0.862. The van der Waals surface area contributed by atoms with Crippen LogP contribution in [0.3, 0.4) is 0 Å². The van der Waals surface area contributed by atoms with Gasteiger partial charge in [-0.1, -0.05) is 31.7 Å². The Morgan fingerprint density at radius 1 is 1.04 bits per heavy atom. The van der Waals surface area contributed by atoms with E-state index in [1.165, 1.54) is 41.3 Å². The fourth-order valence-electron chi connectivity index (χ4n) is 3.65. The van der Waals surface area contributed by atoms with Gasteiger partial charge in [-0.25, -0.2) is 13.2 Å². The molecular weight excluding hydrogens is 358 g/mol. The first-order chi connectivity index (χ1) is 12.1. The van der Waals surface area contributed by atoms with Gasteiger partial charge in [-0.15, -0.1) is 11.3 Å². The molecule has 1 aromatic heterocycles. The molecular formula is C17H27N3O3S2. The number of rotatable bonds is 4. The molecule has 1 aromatic rings. The molecule has 1 aliphatic carbocycles. The Labute approximate surface area is 154 Å². The van der Waals surface area contributed by atoms with Crippen molar-refractivity contribution in [2.75, 3.05) is 13.1 Å². The van der Waals surface area contributed by atoms with E-state index in [-0.39, 0.29) is 18.1 Å². The number of nitrogens with one attached hydrogen (secondary N) is 2. The quantitative estimate of drug-likeness (QED) is 0.782. The highest BCUT2D eigenvalue weighted by Crippen LogP contribution is 2.24. The predicted molar refractivity (Wildman–Crippen MR) is 99.3 cm³/mol. The topological polar surface area (TPSA) is 78.5 Å². The second-order valence-corrected chi connectivity index (χ2v) is 10.1. The number of urea groups is 1. The third-order valence-electron chi connectivity index (χ3n) is 5.00. The number of amides is 2. The van der Waals surface area contributed by atoms with Gasteiger partial charge in [0.15, 0.2) is 0 Å². The third kappa shape index (κ3) is 4.95. The Hall–Kier alpha value is -1.12. The maximum absolute atomic E-state index is 12.6. The number of thiophene rings is 1. The molecule has 6 nitrogen and oxygen atoms in total. The first-order valence-electron chi connectivity index (χ1n) is 9.16. The van der Waals surface area contributed by atoms with E-state index in [0.29, 0.717) is 17.3 Å². The standard InChI is InChI=1S/C17H27N3O3S2/c21-17(18-14-7-3-1-2-4-8-14)19-15-9-5-11-20(13-15)25(22,23)16-10-6-12-24-16/h6,10,12,14-15H,1-5,7-9,11,13H2,(H2,18,19,21). The lowest BCUT2D eigenvalue weighted by Gasteiger charge is -2.32. The third-order valence-corrected chi connectivity index (χ3v) is 8.24. The summed E-state index contributed by atoms with van der Waals surface area (Å²) in [6, 6.07) is 3.34. The van der Waals surface area contributed by atoms with Gasteiger partial charge < -0.3 is 10.6 Å². The molecule has 3 rings (SSSR count). The van der Waals surface area contributed by atoms with Gasteiger partial charge in [0, 0.05) is 25.2 Å². The molecule has 140 valence electrons. The van der Waals surface area contributed by atoms with Gasteiger partial charge in [0.25, 0.3) is 10.0 Å². The molecule has 0 spiro atoms. The van der Waals surface area contributed by atoms with Crippen LogP contribution in [0.1, 0.15) is 51.4 Å². The van der Waals surface area contributed by atoms with Crippen molar-refractivity contribution in [3.05, 3.63) is 17.5 Å². The van der Waals surface area contributed by atoms with Gasteiger partial charge in [0.1, 0.15) is 4.21 Å². The summed E-state index contributed by atoms with van der Waals surface area (Å²) in [7, 11) is -3.44. The Balaban J connectivity index is 1.53. The molecule has 0 aromatic carbocycles. The van der Waals surface area contributed by atoms with Gasteiger partial charge in [-0.3, -0.25) is 0 Å². The van der Waals surface area contributed by atoms with Crippen LogP contribution < -0.4 is 10.6 Å². The zero-order valence-electron chi connectivity index (χ0n) is 14.4. The molecule has 0 radical (unpaired) electrons. The van der Waals surface area contributed by atoms with E-state index in [2.05, 4.69) is 10.6 Å². The van der Waals surface area contributed by atoms with Crippen LogP contribution in [-0.2, 0) is 10.0 Å². The number of carbonyl (C=O) groups is 1. The number of hydrogen-bond donors (Lipinski definition) is 2.